The molecule has 0 atom stereocenters. The van der Waals surface area contributed by atoms with Crippen LogP contribution in [0, 0.1) is 0 Å². The number of nitrogens with zero attached hydrogens (tertiary/aromatic N) is 1. The van der Waals surface area contributed by atoms with E-state index in [1.165, 1.54) is 11.3 Å². The number of hydrogen-bond acceptors (Lipinski definition) is 6. The van der Waals surface area contributed by atoms with Gasteiger partial charge in [0.2, 0.25) is 6.79 Å². The van der Waals surface area contributed by atoms with Gasteiger partial charge in [-0.2, -0.15) is 0 Å². The van der Waals surface area contributed by atoms with Gasteiger partial charge in [0.25, 0.3) is 5.91 Å². The normalized spacial score (nSPS) is 12.2. The van der Waals surface area contributed by atoms with Crippen LogP contribution in [0.2, 0.25) is 0 Å². The second kappa shape index (κ2) is 6.78. The predicted molar refractivity (Wildman–Crippen MR) is 99.8 cm³/mol. The Bertz CT molecular complexity index is 940. The molecule has 2 aromatic carbocycles. The van der Waals surface area contributed by atoms with Gasteiger partial charge in [0.1, 0.15) is 0 Å². The summed E-state index contributed by atoms with van der Waals surface area (Å²) in [6.07, 6.45) is 1.95. The van der Waals surface area contributed by atoms with E-state index < -0.39 is 0 Å². The van der Waals surface area contributed by atoms with Crippen LogP contribution in [0.4, 0.5) is 5.13 Å². The van der Waals surface area contributed by atoms with Crippen molar-refractivity contribution in [1.82, 2.24) is 4.98 Å². The van der Waals surface area contributed by atoms with E-state index >= 15 is 0 Å². The van der Waals surface area contributed by atoms with E-state index in [1.807, 2.05) is 54.1 Å². The first-order valence-corrected chi connectivity index (χ1v) is 9.65. The highest BCUT2D eigenvalue weighted by Crippen LogP contribution is 2.36. The second-order valence-corrected chi connectivity index (χ2v) is 6.97. The lowest BCUT2D eigenvalue weighted by Crippen LogP contribution is -2.12. The third-order valence-corrected chi connectivity index (χ3v) is 5.30. The number of aromatic nitrogens is 1. The molecule has 25 heavy (non-hydrogen) atoms. The number of carbonyl (C=O) groups is 1. The van der Waals surface area contributed by atoms with Crippen LogP contribution in [-0.4, -0.2) is 23.9 Å². The average Bonchev–Trinajstić information content (AvgIpc) is 3.30. The molecule has 1 aliphatic heterocycles. The summed E-state index contributed by atoms with van der Waals surface area (Å²) in [5, 5.41) is 5.35. The Kier molecular flexibility index (Phi) is 4.33. The topological polar surface area (TPSA) is 60.5 Å². The van der Waals surface area contributed by atoms with Crippen LogP contribution in [0.1, 0.15) is 10.4 Å². The fraction of sp³-hybridized carbons (Fsp3) is 0.111. The van der Waals surface area contributed by atoms with Crippen molar-refractivity contribution in [1.29, 1.82) is 0 Å². The van der Waals surface area contributed by atoms with Gasteiger partial charge in [-0.05, 0) is 36.6 Å². The summed E-state index contributed by atoms with van der Waals surface area (Å²) in [7, 11) is 0. The molecule has 0 fully saturated rings. The van der Waals surface area contributed by atoms with Gasteiger partial charge < -0.3 is 9.47 Å². The zero-order valence-corrected chi connectivity index (χ0v) is 14.9. The number of nitrogens with one attached hydrogen (secondary N) is 1. The molecule has 0 aliphatic carbocycles. The number of ether oxygens (including phenoxy) is 2. The van der Waals surface area contributed by atoms with Gasteiger partial charge in [0.05, 0.1) is 11.3 Å². The maximum atomic E-state index is 12.5. The first-order chi connectivity index (χ1) is 12.2. The van der Waals surface area contributed by atoms with E-state index in [-0.39, 0.29) is 12.7 Å². The van der Waals surface area contributed by atoms with Gasteiger partial charge in [-0.3, -0.25) is 10.1 Å². The SMILES string of the molecule is CSc1ccccc1C(=O)Nc1nc(-c2ccc3c(c2)OCO3)cs1. The third-order valence-electron chi connectivity index (χ3n) is 3.74. The molecule has 0 spiro atoms. The molecule has 1 amide bonds. The molecule has 1 N–H and O–H groups in total. The molecule has 0 radical (unpaired) electrons. The number of thioether (sulfide) groups is 1. The summed E-state index contributed by atoms with van der Waals surface area (Å²) in [6.45, 7) is 0.242. The number of fused-ring (bicyclic) bond motifs is 1. The van der Waals surface area contributed by atoms with Gasteiger partial charge in [-0.25, -0.2) is 4.98 Å². The van der Waals surface area contributed by atoms with Crippen molar-refractivity contribution < 1.29 is 14.3 Å². The van der Waals surface area contributed by atoms with Gasteiger partial charge in [-0.1, -0.05) is 12.1 Å². The lowest BCUT2D eigenvalue weighted by Gasteiger charge is -2.06. The molecule has 7 heteroatoms. The molecule has 4 rings (SSSR count). The number of amides is 1. The van der Waals surface area contributed by atoms with Crippen molar-refractivity contribution >= 4 is 34.1 Å². The standard InChI is InChI=1S/C18H14N2O3S2/c1-24-16-5-3-2-4-12(16)17(21)20-18-19-13(9-25-18)11-6-7-14-15(8-11)23-10-22-14/h2-9H,10H2,1H3,(H,19,20,21). The Morgan fingerprint density at radius 3 is 2.92 bits per heavy atom. The Morgan fingerprint density at radius 2 is 2.04 bits per heavy atom. The van der Waals surface area contributed by atoms with Crippen LogP contribution in [0.3, 0.4) is 0 Å². The van der Waals surface area contributed by atoms with Crippen LogP contribution in [-0.2, 0) is 0 Å². The predicted octanol–water partition coefficient (Wildman–Crippen LogP) is 4.51. The quantitative estimate of drug-likeness (QED) is 0.685. The summed E-state index contributed by atoms with van der Waals surface area (Å²) in [4.78, 5) is 17.9. The van der Waals surface area contributed by atoms with Crippen LogP contribution in [0.5, 0.6) is 11.5 Å². The fourth-order valence-electron chi connectivity index (χ4n) is 2.52. The zero-order chi connectivity index (χ0) is 17.2. The fourth-order valence-corrected chi connectivity index (χ4v) is 3.83. The first-order valence-electron chi connectivity index (χ1n) is 7.54. The second-order valence-electron chi connectivity index (χ2n) is 5.26. The number of rotatable bonds is 4. The van der Waals surface area contributed by atoms with E-state index in [0.29, 0.717) is 16.4 Å². The molecule has 0 unspecified atom stereocenters. The Morgan fingerprint density at radius 1 is 1.20 bits per heavy atom. The molecule has 0 bridgehead atoms. The van der Waals surface area contributed by atoms with Crippen molar-refractivity contribution in [2.24, 2.45) is 0 Å². The molecule has 5 nitrogen and oxygen atoms in total. The number of thiazole rings is 1. The van der Waals surface area contributed by atoms with Gasteiger partial charge in [0, 0.05) is 15.8 Å². The van der Waals surface area contributed by atoms with Crippen molar-refractivity contribution in [3.8, 4) is 22.8 Å². The van der Waals surface area contributed by atoms with E-state index in [9.17, 15) is 4.79 Å². The summed E-state index contributed by atoms with van der Waals surface area (Å²) < 4.78 is 10.7. The smallest absolute Gasteiger partial charge is 0.258 e. The van der Waals surface area contributed by atoms with E-state index in [4.69, 9.17) is 9.47 Å². The zero-order valence-electron chi connectivity index (χ0n) is 13.3. The largest absolute Gasteiger partial charge is 0.454 e. The summed E-state index contributed by atoms with van der Waals surface area (Å²) >= 11 is 2.94. The summed E-state index contributed by atoms with van der Waals surface area (Å²) in [5.74, 6) is 1.29. The van der Waals surface area contributed by atoms with Crippen molar-refractivity contribution in [2.45, 2.75) is 4.90 Å². The monoisotopic (exact) mass is 370 g/mol. The first kappa shape index (κ1) is 16.0. The molecule has 2 heterocycles. The molecular weight excluding hydrogens is 356 g/mol. The Labute approximate surface area is 153 Å². The maximum absolute atomic E-state index is 12.5. The van der Waals surface area contributed by atoms with Crippen LogP contribution < -0.4 is 14.8 Å². The van der Waals surface area contributed by atoms with Crippen LogP contribution in [0.15, 0.2) is 52.7 Å². The van der Waals surface area contributed by atoms with Crippen molar-refractivity contribution in [3.63, 3.8) is 0 Å². The number of anilines is 1. The molecule has 3 aromatic rings. The van der Waals surface area contributed by atoms with Crippen LogP contribution >= 0.6 is 23.1 Å². The maximum Gasteiger partial charge on any atom is 0.258 e. The van der Waals surface area contributed by atoms with E-state index in [0.717, 1.165) is 21.9 Å². The highest BCUT2D eigenvalue weighted by molar-refractivity contribution is 7.98. The lowest BCUT2D eigenvalue weighted by molar-refractivity contribution is 0.102. The van der Waals surface area contributed by atoms with Gasteiger partial charge >= 0.3 is 0 Å². The summed E-state index contributed by atoms with van der Waals surface area (Å²) in [6, 6.07) is 13.2. The number of carbonyl (C=O) groups excluding carboxylic acids is 1. The van der Waals surface area contributed by atoms with E-state index in [1.54, 1.807) is 11.8 Å². The number of hydrogen-bond donors (Lipinski definition) is 1. The van der Waals surface area contributed by atoms with Crippen molar-refractivity contribution in [2.75, 3.05) is 18.4 Å². The highest BCUT2D eigenvalue weighted by Gasteiger charge is 2.16. The minimum absolute atomic E-state index is 0.156. The lowest BCUT2D eigenvalue weighted by atomic mass is 10.1. The van der Waals surface area contributed by atoms with Gasteiger partial charge in [-0.15, -0.1) is 23.1 Å². The van der Waals surface area contributed by atoms with Gasteiger partial charge in [0.15, 0.2) is 16.6 Å². The average molecular weight is 370 g/mol. The molecule has 0 saturated heterocycles. The minimum Gasteiger partial charge on any atom is -0.454 e. The molecule has 1 aromatic heterocycles. The Hall–Kier alpha value is -2.51. The van der Waals surface area contributed by atoms with Crippen molar-refractivity contribution in [3.05, 3.63) is 53.4 Å². The summed E-state index contributed by atoms with van der Waals surface area (Å²) in [5.41, 5.74) is 2.36. The molecule has 126 valence electrons. The minimum atomic E-state index is -0.156. The Balaban J connectivity index is 1.54. The van der Waals surface area contributed by atoms with E-state index in [2.05, 4.69) is 10.3 Å². The number of benzene rings is 2. The highest BCUT2D eigenvalue weighted by atomic mass is 32.2. The van der Waals surface area contributed by atoms with Crippen LogP contribution in [0.25, 0.3) is 11.3 Å². The molecule has 1 aliphatic rings. The third kappa shape index (κ3) is 3.20. The molecular formula is C18H14N2O3S2. The molecule has 0 saturated carbocycles.